The number of aryl methyl sites for hydroxylation is 1. The molecule has 1 unspecified atom stereocenters. The van der Waals surface area contributed by atoms with Gasteiger partial charge in [-0.2, -0.15) is 0 Å². The molecule has 2 amide bonds. The summed E-state index contributed by atoms with van der Waals surface area (Å²) < 4.78 is 19.2. The van der Waals surface area contributed by atoms with Gasteiger partial charge in [0.2, 0.25) is 11.8 Å². The van der Waals surface area contributed by atoms with Crippen LogP contribution in [-0.4, -0.2) is 48.4 Å². The largest absolute Gasteiger partial charge is 0.466 e. The van der Waals surface area contributed by atoms with E-state index in [-0.39, 0.29) is 35.9 Å². The minimum Gasteiger partial charge on any atom is -0.466 e. The molecule has 0 bridgehead atoms. The topological polar surface area (TPSA) is 102 Å². The van der Waals surface area contributed by atoms with Gasteiger partial charge in [-0.05, 0) is 80.2 Å². The normalized spacial score (nSPS) is 23.0. The number of hydrogen-bond donors (Lipinski definition) is 2. The minimum atomic E-state index is -0.822. The molecule has 2 aromatic rings. The van der Waals surface area contributed by atoms with Crippen LogP contribution in [0.3, 0.4) is 0 Å². The van der Waals surface area contributed by atoms with Crippen molar-refractivity contribution in [2.75, 3.05) is 19.7 Å². The zero-order valence-corrected chi connectivity index (χ0v) is 24.7. The average molecular weight is 578 g/mol. The van der Waals surface area contributed by atoms with Crippen molar-refractivity contribution in [3.63, 3.8) is 0 Å². The highest BCUT2D eigenvalue weighted by Gasteiger charge is 2.49. The van der Waals surface area contributed by atoms with Crippen LogP contribution in [0.15, 0.2) is 48.5 Å². The van der Waals surface area contributed by atoms with Crippen LogP contribution >= 0.6 is 0 Å². The van der Waals surface area contributed by atoms with Gasteiger partial charge in [0.15, 0.2) is 0 Å². The summed E-state index contributed by atoms with van der Waals surface area (Å²) >= 11 is 0. The van der Waals surface area contributed by atoms with Crippen molar-refractivity contribution in [3.8, 4) is 0 Å². The molecule has 226 valence electrons. The number of ether oxygens (including phenoxy) is 1. The van der Waals surface area contributed by atoms with Gasteiger partial charge in [-0.15, -0.1) is 0 Å². The first-order valence-corrected chi connectivity index (χ1v) is 15.7. The van der Waals surface area contributed by atoms with Gasteiger partial charge in [-0.1, -0.05) is 55.7 Å². The Balaban J connectivity index is 1.32. The summed E-state index contributed by atoms with van der Waals surface area (Å²) in [6.07, 6.45) is 8.18. The van der Waals surface area contributed by atoms with Crippen LogP contribution < -0.4 is 11.1 Å². The molecule has 0 radical (unpaired) electrons. The van der Waals surface area contributed by atoms with E-state index in [0.29, 0.717) is 39.0 Å². The minimum absolute atomic E-state index is 0.133. The molecule has 3 N–H and O–H groups in total. The summed E-state index contributed by atoms with van der Waals surface area (Å²) in [7, 11) is 0. The summed E-state index contributed by atoms with van der Waals surface area (Å²) in [5, 5.41) is 3.04. The first-order chi connectivity index (χ1) is 20.3. The predicted octanol–water partition coefficient (Wildman–Crippen LogP) is 4.87. The Morgan fingerprint density at radius 1 is 1.02 bits per heavy atom. The molecule has 2 fully saturated rings. The second-order valence-electron chi connectivity index (χ2n) is 12.3. The fourth-order valence-corrected chi connectivity index (χ4v) is 7.48. The van der Waals surface area contributed by atoms with E-state index >= 15 is 0 Å². The zero-order chi connectivity index (χ0) is 29.7. The van der Waals surface area contributed by atoms with Crippen LogP contribution in [0, 0.1) is 23.1 Å². The zero-order valence-electron chi connectivity index (χ0n) is 24.7. The van der Waals surface area contributed by atoms with Gasteiger partial charge >= 0.3 is 5.97 Å². The standard InChI is InChI=1S/C34H44FN3O4/c1-2-42-33(41)34(25-9-4-3-5-10-25)18-20-38(21-19-34)32(40)29(22-23-12-15-26(35)16-13-23)37-31(39)28-17-14-24-8-6-7-11-27(24)30(28)36/h6-8,11-13,15-16,25,28-30H,2-5,9-10,14,17-22,36H2,1H3,(H,37,39)/t28-,29-,30?/m1/s1. The highest BCUT2D eigenvalue weighted by atomic mass is 19.1. The summed E-state index contributed by atoms with van der Waals surface area (Å²) in [5.74, 6) is -1.09. The Hall–Kier alpha value is -3.26. The molecule has 3 aliphatic rings. The number of nitrogens with zero attached hydrogens (tertiary/aromatic N) is 1. The molecule has 8 heteroatoms. The molecular weight excluding hydrogens is 533 g/mol. The maximum absolute atomic E-state index is 14.0. The van der Waals surface area contributed by atoms with E-state index in [1.807, 2.05) is 31.2 Å². The summed E-state index contributed by atoms with van der Waals surface area (Å²) in [4.78, 5) is 42.8. The number of nitrogens with one attached hydrogen (secondary N) is 1. The van der Waals surface area contributed by atoms with Crippen molar-refractivity contribution in [2.45, 2.75) is 83.2 Å². The number of nitrogens with two attached hydrogens (primary N) is 1. The second-order valence-corrected chi connectivity index (χ2v) is 12.3. The van der Waals surface area contributed by atoms with E-state index in [1.54, 1.807) is 17.0 Å². The van der Waals surface area contributed by atoms with Crippen LogP contribution in [0.25, 0.3) is 0 Å². The molecular formula is C34H44FN3O4. The van der Waals surface area contributed by atoms with Crippen LogP contribution in [-0.2, 0) is 32.0 Å². The third kappa shape index (κ3) is 6.38. The highest BCUT2D eigenvalue weighted by molar-refractivity contribution is 5.89. The lowest BCUT2D eigenvalue weighted by molar-refractivity contribution is -0.166. The number of amides is 2. The van der Waals surface area contributed by atoms with Crippen LogP contribution in [0.2, 0.25) is 0 Å². The molecule has 5 rings (SSSR count). The van der Waals surface area contributed by atoms with Crippen molar-refractivity contribution >= 4 is 17.8 Å². The Kier molecular flexibility index (Phi) is 9.61. The maximum Gasteiger partial charge on any atom is 0.312 e. The van der Waals surface area contributed by atoms with Crippen LogP contribution in [0.4, 0.5) is 4.39 Å². The van der Waals surface area contributed by atoms with E-state index in [4.69, 9.17) is 10.5 Å². The smallest absolute Gasteiger partial charge is 0.312 e. The Labute approximate surface area is 248 Å². The summed E-state index contributed by atoms with van der Waals surface area (Å²) in [6.45, 7) is 3.04. The van der Waals surface area contributed by atoms with E-state index in [1.165, 1.54) is 18.6 Å². The average Bonchev–Trinajstić information content (AvgIpc) is 3.02. The molecule has 1 saturated heterocycles. The Bertz CT molecular complexity index is 1250. The van der Waals surface area contributed by atoms with Gasteiger partial charge in [0, 0.05) is 25.6 Å². The van der Waals surface area contributed by atoms with E-state index in [2.05, 4.69) is 5.32 Å². The summed E-state index contributed by atoms with van der Waals surface area (Å²) in [6, 6.07) is 12.7. The predicted molar refractivity (Wildman–Crippen MR) is 159 cm³/mol. The molecule has 7 nitrogen and oxygen atoms in total. The third-order valence-corrected chi connectivity index (χ3v) is 9.91. The molecule has 3 atom stereocenters. The number of rotatable bonds is 8. The number of fused-ring (bicyclic) bond motifs is 1. The van der Waals surface area contributed by atoms with E-state index in [9.17, 15) is 18.8 Å². The van der Waals surface area contributed by atoms with Gasteiger partial charge in [0.05, 0.1) is 17.9 Å². The number of esters is 1. The number of benzene rings is 2. The fraction of sp³-hybridized carbons (Fsp3) is 0.559. The molecule has 1 saturated carbocycles. The Morgan fingerprint density at radius 3 is 2.40 bits per heavy atom. The van der Waals surface area contributed by atoms with Crippen molar-refractivity contribution in [2.24, 2.45) is 23.0 Å². The molecule has 2 aromatic carbocycles. The second kappa shape index (κ2) is 13.4. The van der Waals surface area contributed by atoms with E-state index in [0.717, 1.165) is 48.8 Å². The summed E-state index contributed by atoms with van der Waals surface area (Å²) in [5.41, 5.74) is 8.89. The number of carbonyl (C=O) groups excluding carboxylic acids is 3. The molecule has 1 heterocycles. The fourth-order valence-electron chi connectivity index (χ4n) is 7.48. The van der Waals surface area contributed by atoms with Crippen molar-refractivity contribution in [3.05, 3.63) is 71.0 Å². The van der Waals surface area contributed by atoms with Gasteiger partial charge in [0.1, 0.15) is 11.9 Å². The number of hydrogen-bond acceptors (Lipinski definition) is 5. The first kappa shape index (κ1) is 30.2. The van der Waals surface area contributed by atoms with Crippen molar-refractivity contribution < 1.29 is 23.5 Å². The number of halogens is 1. The maximum atomic E-state index is 14.0. The Morgan fingerprint density at radius 2 is 1.71 bits per heavy atom. The van der Waals surface area contributed by atoms with Gasteiger partial charge in [-0.25, -0.2) is 4.39 Å². The lowest BCUT2D eigenvalue weighted by atomic mass is 9.63. The number of carbonyl (C=O) groups is 3. The molecule has 0 spiro atoms. The SMILES string of the molecule is CCOC(=O)C1(C2CCCCC2)CCN(C(=O)[C@@H](Cc2ccc(F)cc2)NC(=O)[C@@H]2CCc3ccccc3C2N)CC1. The third-order valence-electron chi connectivity index (χ3n) is 9.91. The van der Waals surface area contributed by atoms with Gasteiger partial charge < -0.3 is 20.7 Å². The quantitative estimate of drug-likeness (QED) is 0.436. The molecule has 0 aromatic heterocycles. The van der Waals surface area contributed by atoms with Gasteiger partial charge in [-0.3, -0.25) is 14.4 Å². The lowest BCUT2D eigenvalue weighted by Gasteiger charge is -2.46. The van der Waals surface area contributed by atoms with Crippen molar-refractivity contribution in [1.82, 2.24) is 10.2 Å². The number of likely N-dealkylation sites (tertiary alicyclic amines) is 1. The first-order valence-electron chi connectivity index (χ1n) is 15.7. The lowest BCUT2D eigenvalue weighted by Crippen LogP contribution is -2.56. The van der Waals surface area contributed by atoms with Crippen LogP contribution in [0.1, 0.15) is 81.0 Å². The van der Waals surface area contributed by atoms with Crippen molar-refractivity contribution in [1.29, 1.82) is 0 Å². The van der Waals surface area contributed by atoms with E-state index < -0.39 is 23.4 Å². The van der Waals surface area contributed by atoms with Gasteiger partial charge in [0.25, 0.3) is 0 Å². The monoisotopic (exact) mass is 577 g/mol. The number of piperidine rings is 1. The highest BCUT2D eigenvalue weighted by Crippen LogP contribution is 2.47. The van der Waals surface area contributed by atoms with Crippen LogP contribution in [0.5, 0.6) is 0 Å². The molecule has 2 aliphatic carbocycles. The molecule has 1 aliphatic heterocycles. The molecule has 42 heavy (non-hydrogen) atoms.